The third-order valence-corrected chi connectivity index (χ3v) is 1.94. The first-order valence-corrected chi connectivity index (χ1v) is 5.50. The summed E-state index contributed by atoms with van der Waals surface area (Å²) in [5, 5.41) is 13.6. The summed E-state index contributed by atoms with van der Waals surface area (Å²) in [6.07, 6.45) is 1.61. The van der Waals surface area contributed by atoms with Gasteiger partial charge < -0.3 is 25.7 Å². The summed E-state index contributed by atoms with van der Waals surface area (Å²) in [6.45, 7) is 2.40. The smallest absolute Gasteiger partial charge is 0.227 e. The van der Waals surface area contributed by atoms with Crippen LogP contribution in [0.4, 0.5) is 0 Å². The molecule has 0 saturated carbocycles. The number of ether oxygens (including phenoxy) is 2. The second-order valence-corrected chi connectivity index (χ2v) is 3.43. The number of methoxy groups -OCH3 is 1. The second kappa shape index (κ2) is 11.2. The Labute approximate surface area is 101 Å². The Balaban J connectivity index is 3.25. The van der Waals surface area contributed by atoms with Crippen molar-refractivity contribution in [2.75, 3.05) is 33.5 Å². The van der Waals surface area contributed by atoms with Crippen molar-refractivity contribution >= 4 is 11.7 Å². The number of nitrogens with two attached hydrogens (primary N) is 1. The van der Waals surface area contributed by atoms with Gasteiger partial charge in [-0.1, -0.05) is 5.16 Å². The highest BCUT2D eigenvalue weighted by atomic mass is 16.5. The van der Waals surface area contributed by atoms with Crippen molar-refractivity contribution < 1.29 is 19.5 Å². The molecule has 0 unspecified atom stereocenters. The second-order valence-electron chi connectivity index (χ2n) is 3.43. The van der Waals surface area contributed by atoms with E-state index in [1.807, 2.05) is 0 Å². The molecule has 0 aliphatic rings. The molecule has 0 aliphatic carbocycles. The number of hydrogen-bond donors (Lipinski definition) is 3. The Morgan fingerprint density at radius 1 is 1.35 bits per heavy atom. The quantitative estimate of drug-likeness (QED) is 0.161. The Hall–Kier alpha value is -1.34. The van der Waals surface area contributed by atoms with E-state index in [1.54, 1.807) is 7.11 Å². The molecule has 100 valence electrons. The average molecular weight is 247 g/mol. The van der Waals surface area contributed by atoms with Crippen molar-refractivity contribution in [1.29, 1.82) is 0 Å². The van der Waals surface area contributed by atoms with E-state index in [4.69, 9.17) is 20.4 Å². The van der Waals surface area contributed by atoms with Crippen LogP contribution in [0.3, 0.4) is 0 Å². The predicted molar refractivity (Wildman–Crippen MR) is 63.0 cm³/mol. The van der Waals surface area contributed by atoms with E-state index in [2.05, 4.69) is 10.5 Å². The van der Waals surface area contributed by atoms with Crippen LogP contribution in [0.5, 0.6) is 0 Å². The van der Waals surface area contributed by atoms with Gasteiger partial charge in [0.25, 0.3) is 0 Å². The van der Waals surface area contributed by atoms with Gasteiger partial charge in [-0.05, 0) is 12.8 Å². The Bertz CT molecular complexity index is 234. The van der Waals surface area contributed by atoms with Crippen LogP contribution < -0.4 is 11.1 Å². The number of hydrogen-bond acceptors (Lipinski definition) is 5. The van der Waals surface area contributed by atoms with E-state index < -0.39 is 0 Å². The topological polar surface area (TPSA) is 106 Å². The zero-order valence-electron chi connectivity index (χ0n) is 10.1. The maximum Gasteiger partial charge on any atom is 0.227 e. The summed E-state index contributed by atoms with van der Waals surface area (Å²) in [5.41, 5.74) is 5.18. The first-order valence-electron chi connectivity index (χ1n) is 5.50. The number of amides is 1. The van der Waals surface area contributed by atoms with E-state index >= 15 is 0 Å². The molecule has 4 N–H and O–H groups in total. The number of carbonyl (C=O) groups is 1. The number of oxime groups is 1. The van der Waals surface area contributed by atoms with E-state index in [1.165, 1.54) is 0 Å². The molecule has 0 radical (unpaired) electrons. The maximum absolute atomic E-state index is 11.2. The first-order chi connectivity index (χ1) is 8.20. The van der Waals surface area contributed by atoms with Crippen LogP contribution in [0.2, 0.25) is 0 Å². The number of nitrogens with one attached hydrogen (secondary N) is 1. The molecule has 0 fully saturated rings. The number of unbranched alkanes of at least 4 members (excludes halogenated alkanes) is 1. The maximum atomic E-state index is 11.2. The van der Waals surface area contributed by atoms with Gasteiger partial charge in [0.2, 0.25) is 5.91 Å². The summed E-state index contributed by atoms with van der Waals surface area (Å²) < 4.78 is 10.1. The van der Waals surface area contributed by atoms with E-state index in [9.17, 15) is 4.79 Å². The van der Waals surface area contributed by atoms with Crippen LogP contribution in [0.25, 0.3) is 0 Å². The monoisotopic (exact) mass is 247 g/mol. The highest BCUT2D eigenvalue weighted by Crippen LogP contribution is 1.89. The largest absolute Gasteiger partial charge is 0.409 e. The highest BCUT2D eigenvalue weighted by Gasteiger charge is 2.03. The molecule has 0 rings (SSSR count). The molecular formula is C10H21N3O4. The van der Waals surface area contributed by atoms with Gasteiger partial charge in [0.15, 0.2) is 0 Å². The number of rotatable bonds is 10. The molecule has 0 aromatic heterocycles. The fourth-order valence-electron chi connectivity index (χ4n) is 1.06. The van der Waals surface area contributed by atoms with Crippen LogP contribution >= 0.6 is 0 Å². The van der Waals surface area contributed by atoms with Gasteiger partial charge >= 0.3 is 0 Å². The SMILES string of the molecule is COCCOCCCCNC(=O)CC(N)=NO. The Morgan fingerprint density at radius 2 is 2.12 bits per heavy atom. The van der Waals surface area contributed by atoms with E-state index in [-0.39, 0.29) is 18.2 Å². The van der Waals surface area contributed by atoms with Gasteiger partial charge in [-0.15, -0.1) is 0 Å². The van der Waals surface area contributed by atoms with Crippen molar-refractivity contribution in [3.8, 4) is 0 Å². The lowest BCUT2D eigenvalue weighted by atomic mass is 10.3. The number of nitrogens with zero attached hydrogens (tertiary/aromatic N) is 1. The number of amidine groups is 1. The molecule has 0 aromatic carbocycles. The zero-order chi connectivity index (χ0) is 12.9. The van der Waals surface area contributed by atoms with Crippen molar-refractivity contribution in [1.82, 2.24) is 5.32 Å². The Kier molecular flexibility index (Phi) is 10.3. The molecule has 0 aromatic rings. The van der Waals surface area contributed by atoms with Gasteiger partial charge in [0.05, 0.1) is 19.6 Å². The molecule has 1 amide bonds. The minimum atomic E-state index is -0.249. The van der Waals surface area contributed by atoms with Gasteiger partial charge in [-0.3, -0.25) is 4.79 Å². The summed E-state index contributed by atoms with van der Waals surface area (Å²) in [6, 6.07) is 0. The van der Waals surface area contributed by atoms with Crippen LogP contribution in [0, 0.1) is 0 Å². The van der Waals surface area contributed by atoms with Crippen molar-refractivity contribution in [3.05, 3.63) is 0 Å². The Morgan fingerprint density at radius 3 is 2.76 bits per heavy atom. The number of carbonyl (C=O) groups excluding carboxylic acids is 1. The summed E-state index contributed by atoms with van der Waals surface area (Å²) in [4.78, 5) is 11.2. The van der Waals surface area contributed by atoms with E-state index in [0.717, 1.165) is 12.8 Å². The zero-order valence-corrected chi connectivity index (χ0v) is 10.1. The third kappa shape index (κ3) is 10.9. The molecule has 17 heavy (non-hydrogen) atoms. The van der Waals surface area contributed by atoms with Gasteiger partial charge in [-0.25, -0.2) is 0 Å². The predicted octanol–water partition coefficient (Wildman–Crippen LogP) is -0.318. The highest BCUT2D eigenvalue weighted by molar-refractivity contribution is 5.98. The molecule has 7 nitrogen and oxygen atoms in total. The molecule has 0 aliphatic heterocycles. The fraction of sp³-hybridized carbons (Fsp3) is 0.800. The minimum absolute atomic E-state index is 0.0825. The van der Waals surface area contributed by atoms with Crippen LogP contribution in [-0.2, 0) is 14.3 Å². The molecular weight excluding hydrogens is 226 g/mol. The summed E-state index contributed by atoms with van der Waals surface area (Å²) >= 11 is 0. The third-order valence-electron chi connectivity index (χ3n) is 1.94. The van der Waals surface area contributed by atoms with Crippen molar-refractivity contribution in [2.45, 2.75) is 19.3 Å². The average Bonchev–Trinajstić information content (AvgIpc) is 2.32. The van der Waals surface area contributed by atoms with Crippen LogP contribution in [-0.4, -0.2) is 50.4 Å². The van der Waals surface area contributed by atoms with Gasteiger partial charge in [0.1, 0.15) is 5.84 Å². The molecule has 0 spiro atoms. The summed E-state index contributed by atoms with van der Waals surface area (Å²) in [7, 11) is 1.63. The van der Waals surface area contributed by atoms with Crippen LogP contribution in [0.15, 0.2) is 5.16 Å². The summed E-state index contributed by atoms with van der Waals surface area (Å²) in [5.74, 6) is -0.342. The van der Waals surface area contributed by atoms with Gasteiger partial charge in [0, 0.05) is 20.3 Å². The lowest BCUT2D eigenvalue weighted by Crippen LogP contribution is -2.29. The molecule has 0 saturated heterocycles. The molecule has 7 heteroatoms. The van der Waals surface area contributed by atoms with Crippen LogP contribution in [0.1, 0.15) is 19.3 Å². The van der Waals surface area contributed by atoms with Gasteiger partial charge in [-0.2, -0.15) is 0 Å². The van der Waals surface area contributed by atoms with Crippen molar-refractivity contribution in [2.24, 2.45) is 10.9 Å². The molecule has 0 heterocycles. The molecule has 0 bridgehead atoms. The fourth-order valence-corrected chi connectivity index (χ4v) is 1.06. The van der Waals surface area contributed by atoms with Crippen molar-refractivity contribution in [3.63, 3.8) is 0 Å². The lowest BCUT2D eigenvalue weighted by Gasteiger charge is -2.05. The standard InChI is InChI=1S/C10H21N3O4/c1-16-6-7-17-5-3-2-4-12-10(14)8-9(11)13-15/h15H,2-8H2,1H3,(H2,11,13)(H,12,14). The van der Waals surface area contributed by atoms with E-state index in [0.29, 0.717) is 26.4 Å². The molecule has 0 atom stereocenters. The minimum Gasteiger partial charge on any atom is -0.409 e. The first kappa shape index (κ1) is 15.7. The lowest BCUT2D eigenvalue weighted by molar-refractivity contribution is -0.119. The normalized spacial score (nSPS) is 11.5.